The summed E-state index contributed by atoms with van der Waals surface area (Å²) in [7, 11) is 1.61. The number of hydrogen-bond acceptors (Lipinski definition) is 7. The topological polar surface area (TPSA) is 82.4 Å². The van der Waals surface area contributed by atoms with E-state index in [1.165, 1.54) is 11.3 Å². The maximum Gasteiger partial charge on any atom is 0.271 e. The van der Waals surface area contributed by atoms with Gasteiger partial charge in [-0.15, -0.1) is 6.58 Å². The van der Waals surface area contributed by atoms with Crippen LogP contribution in [0.4, 0.5) is 0 Å². The molecule has 0 N–H and O–H groups in total. The van der Waals surface area contributed by atoms with E-state index < -0.39 is 6.04 Å². The number of amides is 1. The molecule has 1 amide bonds. The summed E-state index contributed by atoms with van der Waals surface area (Å²) in [6, 6.07) is 22.5. The van der Waals surface area contributed by atoms with Crippen LogP contribution in [0.25, 0.3) is 16.8 Å². The minimum Gasteiger partial charge on any atom is -0.496 e. The third-order valence-corrected chi connectivity index (χ3v) is 10.5. The SMILES string of the molecule is C=CCc1cc(/C=c2\sc3n(c2=O)[C@H](c2c(OC)ccc4ccccc24)C(C(=O)N(CC)CC)=C(C)N=3)cc(OCC)c1OCc1ccccc1Cl. The number of carbonyl (C=O) groups is 1. The highest BCUT2D eigenvalue weighted by molar-refractivity contribution is 7.07. The lowest BCUT2D eigenvalue weighted by molar-refractivity contribution is -0.127. The van der Waals surface area contributed by atoms with Gasteiger partial charge in [0.1, 0.15) is 18.4 Å². The average Bonchev–Trinajstić information content (AvgIpc) is 3.44. The highest BCUT2D eigenvalue weighted by atomic mass is 35.5. The molecule has 0 saturated carbocycles. The molecular formula is C42H42ClN3O5S. The molecule has 4 aromatic carbocycles. The van der Waals surface area contributed by atoms with Crippen LogP contribution < -0.4 is 29.1 Å². The highest BCUT2D eigenvalue weighted by Gasteiger charge is 2.36. The van der Waals surface area contributed by atoms with Gasteiger partial charge in [-0.3, -0.25) is 14.2 Å². The second kappa shape index (κ2) is 16.0. The minimum atomic E-state index is -0.775. The number of ether oxygens (including phenoxy) is 3. The van der Waals surface area contributed by atoms with Crippen molar-refractivity contribution in [2.45, 2.75) is 46.8 Å². The van der Waals surface area contributed by atoms with Gasteiger partial charge in [-0.25, -0.2) is 4.99 Å². The number of rotatable bonds is 13. The molecule has 6 rings (SSSR count). The van der Waals surface area contributed by atoms with Gasteiger partial charge in [0.25, 0.3) is 11.5 Å². The van der Waals surface area contributed by atoms with E-state index in [-0.39, 0.29) is 18.1 Å². The van der Waals surface area contributed by atoms with Gasteiger partial charge >= 0.3 is 0 Å². The molecule has 1 aromatic heterocycles. The first kappa shape index (κ1) is 36.7. The first-order chi connectivity index (χ1) is 25.2. The van der Waals surface area contributed by atoms with Crippen molar-refractivity contribution in [3.63, 3.8) is 0 Å². The Bertz CT molecular complexity index is 2370. The predicted octanol–water partition coefficient (Wildman–Crippen LogP) is 7.63. The van der Waals surface area contributed by atoms with Crippen molar-refractivity contribution in [2.24, 2.45) is 4.99 Å². The Morgan fingerprint density at radius 3 is 2.46 bits per heavy atom. The molecule has 2 heterocycles. The van der Waals surface area contributed by atoms with Crippen LogP contribution in [0, 0.1) is 0 Å². The van der Waals surface area contributed by atoms with E-state index in [0.29, 0.717) is 69.0 Å². The largest absolute Gasteiger partial charge is 0.496 e. The van der Waals surface area contributed by atoms with Crippen LogP contribution in [0.2, 0.25) is 5.02 Å². The zero-order valence-corrected chi connectivity index (χ0v) is 31.6. The summed E-state index contributed by atoms with van der Waals surface area (Å²) in [5.74, 6) is 1.57. The van der Waals surface area contributed by atoms with Crippen LogP contribution in [0.3, 0.4) is 0 Å². The lowest BCUT2D eigenvalue weighted by Gasteiger charge is -2.30. The molecule has 0 spiro atoms. The second-order valence-electron chi connectivity index (χ2n) is 12.3. The maximum absolute atomic E-state index is 14.7. The fourth-order valence-corrected chi connectivity index (χ4v) is 7.94. The van der Waals surface area contributed by atoms with Crippen LogP contribution in [0.1, 0.15) is 56.0 Å². The Balaban J connectivity index is 1.55. The number of aromatic nitrogens is 1. The molecule has 8 nitrogen and oxygen atoms in total. The van der Waals surface area contributed by atoms with Crippen molar-refractivity contribution in [2.75, 3.05) is 26.8 Å². The summed E-state index contributed by atoms with van der Waals surface area (Å²) in [6.07, 6.45) is 4.16. The third kappa shape index (κ3) is 7.03. The Hall–Kier alpha value is -5.12. The van der Waals surface area contributed by atoms with Crippen molar-refractivity contribution >= 4 is 45.7 Å². The third-order valence-electron chi connectivity index (χ3n) is 9.17. The van der Waals surface area contributed by atoms with Crippen LogP contribution in [-0.4, -0.2) is 42.2 Å². The number of halogens is 1. The van der Waals surface area contributed by atoms with Gasteiger partial charge in [0.05, 0.1) is 29.5 Å². The molecular weight excluding hydrogens is 694 g/mol. The van der Waals surface area contributed by atoms with E-state index in [9.17, 15) is 9.59 Å². The van der Waals surface area contributed by atoms with Gasteiger partial charge in [-0.05, 0) is 80.8 Å². The molecule has 268 valence electrons. The van der Waals surface area contributed by atoms with E-state index >= 15 is 0 Å². The molecule has 52 heavy (non-hydrogen) atoms. The zero-order chi connectivity index (χ0) is 36.9. The average molecular weight is 736 g/mol. The Morgan fingerprint density at radius 2 is 1.75 bits per heavy atom. The summed E-state index contributed by atoms with van der Waals surface area (Å²) in [5.41, 5.74) is 3.96. The summed E-state index contributed by atoms with van der Waals surface area (Å²) in [6.45, 7) is 13.3. The number of likely N-dealkylation sites (N-methyl/N-ethyl adjacent to an activating group) is 1. The number of nitrogens with zero attached hydrogens (tertiary/aromatic N) is 3. The standard InChI is InChI=1S/C42H42ClN3O5S/c1-7-15-29-22-27(23-34(50-10-4)39(29)51-25-30-17-12-14-19-32(30)43)24-35-40(47)46-38(37-31-18-13-11-16-28(31)20-21-33(37)49-6)36(26(5)44-42(46)52-35)41(48)45(8-2)9-3/h7,11-14,16-24,38H,1,8-10,15,25H2,2-6H3/b35-24-/t38-/m0/s1. The highest BCUT2D eigenvalue weighted by Crippen LogP contribution is 2.41. The van der Waals surface area contributed by atoms with Crippen LogP contribution in [-0.2, 0) is 17.8 Å². The molecule has 0 radical (unpaired) electrons. The lowest BCUT2D eigenvalue weighted by Crippen LogP contribution is -2.43. The first-order valence-corrected chi connectivity index (χ1v) is 18.6. The van der Waals surface area contributed by atoms with Crippen molar-refractivity contribution in [1.82, 2.24) is 9.47 Å². The van der Waals surface area contributed by atoms with Gasteiger partial charge < -0.3 is 19.1 Å². The summed E-state index contributed by atoms with van der Waals surface area (Å²) in [5, 5.41) is 2.48. The van der Waals surface area contributed by atoms with Gasteiger partial charge in [0.15, 0.2) is 16.3 Å². The predicted molar refractivity (Wildman–Crippen MR) is 209 cm³/mol. The molecule has 0 aliphatic carbocycles. The molecule has 0 saturated heterocycles. The Labute approximate surface area is 312 Å². The van der Waals surface area contributed by atoms with Gasteiger partial charge in [-0.1, -0.05) is 77.5 Å². The van der Waals surface area contributed by atoms with Crippen molar-refractivity contribution < 1.29 is 19.0 Å². The fourth-order valence-electron chi connectivity index (χ4n) is 6.70. The van der Waals surface area contributed by atoms with Crippen molar-refractivity contribution in [3.05, 3.63) is 144 Å². The van der Waals surface area contributed by atoms with Gasteiger partial charge in [0, 0.05) is 34.8 Å². The summed E-state index contributed by atoms with van der Waals surface area (Å²) >= 11 is 7.71. The number of methoxy groups -OCH3 is 1. The Kier molecular flexibility index (Phi) is 11.3. The molecule has 0 unspecified atom stereocenters. The van der Waals surface area contributed by atoms with Crippen LogP contribution in [0.15, 0.2) is 107 Å². The molecule has 10 heteroatoms. The van der Waals surface area contributed by atoms with Crippen LogP contribution >= 0.6 is 22.9 Å². The lowest BCUT2D eigenvalue weighted by atomic mass is 9.90. The number of allylic oxidation sites excluding steroid dienone is 2. The number of fused-ring (bicyclic) bond motifs is 2. The summed E-state index contributed by atoms with van der Waals surface area (Å²) < 4.78 is 20.5. The number of thiazole rings is 1. The number of hydrogen-bond donors (Lipinski definition) is 0. The second-order valence-corrected chi connectivity index (χ2v) is 13.7. The number of benzene rings is 4. The maximum atomic E-state index is 14.7. The van der Waals surface area contributed by atoms with Crippen molar-refractivity contribution in [1.29, 1.82) is 0 Å². The number of carbonyl (C=O) groups excluding carboxylic acids is 1. The smallest absolute Gasteiger partial charge is 0.271 e. The zero-order valence-electron chi connectivity index (χ0n) is 30.1. The normalized spacial score (nSPS) is 14.2. The quantitative estimate of drug-likeness (QED) is 0.116. The monoisotopic (exact) mass is 735 g/mol. The van der Waals surface area contributed by atoms with E-state index in [0.717, 1.165) is 33.0 Å². The molecule has 0 fully saturated rings. The Morgan fingerprint density at radius 1 is 1.00 bits per heavy atom. The minimum absolute atomic E-state index is 0.164. The van der Waals surface area contributed by atoms with Crippen molar-refractivity contribution in [3.8, 4) is 17.2 Å². The van der Waals surface area contributed by atoms with E-state index in [1.54, 1.807) is 22.7 Å². The molecule has 1 atom stereocenters. The molecule has 5 aromatic rings. The van der Waals surface area contributed by atoms with E-state index in [1.807, 2.05) is 107 Å². The van der Waals surface area contributed by atoms with E-state index in [2.05, 4.69) is 6.58 Å². The molecule has 1 aliphatic heterocycles. The van der Waals surface area contributed by atoms with Gasteiger partial charge in [0.2, 0.25) is 0 Å². The van der Waals surface area contributed by atoms with E-state index in [4.69, 9.17) is 30.8 Å². The molecule has 0 bridgehead atoms. The molecule has 1 aliphatic rings. The first-order valence-electron chi connectivity index (χ1n) is 17.4. The van der Waals surface area contributed by atoms with Crippen LogP contribution in [0.5, 0.6) is 17.2 Å². The van der Waals surface area contributed by atoms with Gasteiger partial charge in [-0.2, -0.15) is 0 Å². The summed E-state index contributed by atoms with van der Waals surface area (Å²) in [4.78, 5) is 36.2. The fraction of sp³-hybridized carbons (Fsp3) is 0.262.